The number of methoxy groups -OCH3 is 1. The van der Waals surface area contributed by atoms with E-state index in [0.29, 0.717) is 45.2 Å². The van der Waals surface area contributed by atoms with Crippen LogP contribution in [-0.4, -0.2) is 66.3 Å². The molecule has 12 heteroatoms. The van der Waals surface area contributed by atoms with Gasteiger partial charge in [-0.05, 0) is 64.4 Å². The van der Waals surface area contributed by atoms with Gasteiger partial charge in [-0.1, -0.05) is 36.4 Å². The highest BCUT2D eigenvalue weighted by Crippen LogP contribution is 2.38. The number of carbonyl (C=O) groups excluding carboxylic acids is 1. The molecule has 4 rings (SSSR count). The summed E-state index contributed by atoms with van der Waals surface area (Å²) in [7, 11) is 6.10. The van der Waals surface area contributed by atoms with Crippen molar-refractivity contribution in [3.05, 3.63) is 90.6 Å². The Morgan fingerprint density at radius 3 is 2.33 bits per heavy atom. The molecule has 11 nitrogen and oxygen atoms in total. The molecule has 1 amide bonds. The molecule has 0 aliphatic heterocycles. The topological polar surface area (TPSA) is 124 Å². The van der Waals surface area contributed by atoms with Gasteiger partial charge in [0.05, 0.1) is 40.4 Å². The molecular formula is C33H40N8O3S. The van der Waals surface area contributed by atoms with Crippen LogP contribution in [0.25, 0.3) is 0 Å². The van der Waals surface area contributed by atoms with Gasteiger partial charge in [-0.15, -0.1) is 0 Å². The number of aryl methyl sites for hydroxylation is 2. The summed E-state index contributed by atoms with van der Waals surface area (Å²) >= 11 is 0. The Morgan fingerprint density at radius 1 is 0.956 bits per heavy atom. The van der Waals surface area contributed by atoms with Crippen molar-refractivity contribution in [1.82, 2.24) is 14.9 Å². The lowest BCUT2D eigenvalue weighted by molar-refractivity contribution is -0.111. The first-order valence-corrected chi connectivity index (χ1v) is 15.5. The molecule has 0 fully saturated rings. The van der Waals surface area contributed by atoms with Crippen LogP contribution in [0, 0.1) is 13.8 Å². The molecule has 0 bridgehead atoms. The van der Waals surface area contributed by atoms with Gasteiger partial charge >= 0.3 is 0 Å². The van der Waals surface area contributed by atoms with E-state index < -0.39 is 11.0 Å². The van der Waals surface area contributed by atoms with Crippen LogP contribution in [-0.2, 0) is 15.8 Å². The van der Waals surface area contributed by atoms with Crippen molar-refractivity contribution in [3.63, 3.8) is 0 Å². The zero-order chi connectivity index (χ0) is 32.5. The number of ether oxygens (including phenoxy) is 1. The predicted molar refractivity (Wildman–Crippen MR) is 185 cm³/mol. The van der Waals surface area contributed by atoms with Crippen LogP contribution in [0.4, 0.5) is 40.2 Å². The largest absolute Gasteiger partial charge is 0.494 e. The van der Waals surface area contributed by atoms with Crippen LogP contribution in [0.1, 0.15) is 11.1 Å². The summed E-state index contributed by atoms with van der Waals surface area (Å²) < 4.78 is 21.9. The van der Waals surface area contributed by atoms with Gasteiger partial charge in [0, 0.05) is 38.0 Å². The number of amides is 1. The smallest absolute Gasteiger partial charge is 0.247 e. The molecule has 0 aliphatic carbocycles. The molecule has 236 valence electrons. The fourth-order valence-corrected chi connectivity index (χ4v) is 5.16. The molecular weight excluding hydrogens is 588 g/mol. The van der Waals surface area contributed by atoms with E-state index in [2.05, 4.69) is 37.1 Å². The molecule has 0 spiro atoms. The first-order chi connectivity index (χ1) is 21.6. The van der Waals surface area contributed by atoms with Crippen LogP contribution in [0.15, 0.2) is 84.4 Å². The number of nitrogens with zero attached hydrogens (tertiary/aromatic N) is 4. The molecule has 4 aromatic rings. The van der Waals surface area contributed by atoms with Crippen molar-refractivity contribution in [1.29, 1.82) is 0 Å². The summed E-state index contributed by atoms with van der Waals surface area (Å²) in [5.74, 6) is 1.08. The van der Waals surface area contributed by atoms with E-state index in [9.17, 15) is 9.00 Å². The van der Waals surface area contributed by atoms with Crippen LogP contribution in [0.3, 0.4) is 0 Å². The van der Waals surface area contributed by atoms with E-state index in [1.54, 1.807) is 19.4 Å². The van der Waals surface area contributed by atoms with E-state index >= 15 is 0 Å². The highest BCUT2D eigenvalue weighted by molar-refractivity contribution is 7.86. The maximum absolute atomic E-state index is 13.0. The van der Waals surface area contributed by atoms with Gasteiger partial charge in [0.2, 0.25) is 11.9 Å². The predicted octanol–water partition coefficient (Wildman–Crippen LogP) is 5.85. The monoisotopic (exact) mass is 628 g/mol. The summed E-state index contributed by atoms with van der Waals surface area (Å²) in [4.78, 5) is 26.3. The fourth-order valence-electron chi connectivity index (χ4n) is 4.28. The standard InChI is InChI=1S/C33H40N8O3S/c1-8-31(42)35-27-19-28(30(44-7)20-29(27)41(6)18-17-40(4)5)37-33-34-21-23(3)32(38-33)36-25-11-9-10-12-26(25)39-45(43)24-15-13-22(2)14-16-24/h8-16,19-21,39H,1,17-18H2,2-7H3,(H,35,42)(H2,34,36,37,38). The molecule has 4 N–H and O–H groups in total. The van der Waals surface area contributed by atoms with Crippen molar-refractivity contribution in [2.45, 2.75) is 18.7 Å². The van der Waals surface area contributed by atoms with Crippen LogP contribution >= 0.6 is 0 Å². The first kappa shape index (κ1) is 33.0. The van der Waals surface area contributed by atoms with Crippen molar-refractivity contribution in [2.75, 3.05) is 66.9 Å². The summed E-state index contributed by atoms with van der Waals surface area (Å²) in [5, 5.41) is 9.50. The lowest BCUT2D eigenvalue weighted by atomic mass is 10.2. The Hall–Kier alpha value is -4.94. The van der Waals surface area contributed by atoms with Crippen molar-refractivity contribution < 1.29 is 13.7 Å². The second kappa shape index (κ2) is 15.2. The molecule has 1 aromatic heterocycles. The molecule has 0 saturated carbocycles. The summed E-state index contributed by atoms with van der Waals surface area (Å²) in [5.41, 5.74) is 5.18. The average molecular weight is 629 g/mol. The fraction of sp³-hybridized carbons (Fsp3) is 0.242. The zero-order valence-electron chi connectivity index (χ0n) is 26.5. The Kier molecular flexibility index (Phi) is 11.1. The maximum atomic E-state index is 13.0. The first-order valence-electron chi connectivity index (χ1n) is 14.3. The molecule has 1 atom stereocenters. The summed E-state index contributed by atoms with van der Waals surface area (Å²) in [6, 6.07) is 18.7. The molecule has 0 saturated heterocycles. The minimum atomic E-state index is -1.46. The molecule has 3 aromatic carbocycles. The third-order valence-corrected chi connectivity index (χ3v) is 8.00. The zero-order valence-corrected chi connectivity index (χ0v) is 27.3. The summed E-state index contributed by atoms with van der Waals surface area (Å²) in [6.07, 6.45) is 2.93. The number of para-hydroxylation sites is 2. The minimum Gasteiger partial charge on any atom is -0.494 e. The van der Waals surface area contributed by atoms with E-state index in [-0.39, 0.29) is 5.91 Å². The lowest BCUT2D eigenvalue weighted by Gasteiger charge is -2.26. The normalized spacial score (nSPS) is 11.4. The number of hydrogen-bond donors (Lipinski definition) is 4. The Balaban J connectivity index is 1.61. The number of nitrogens with one attached hydrogen (secondary N) is 4. The van der Waals surface area contributed by atoms with Gasteiger partial charge in [0.1, 0.15) is 22.6 Å². The Labute approximate surface area is 267 Å². The summed E-state index contributed by atoms with van der Waals surface area (Å²) in [6.45, 7) is 9.02. The number of rotatable bonds is 14. The van der Waals surface area contributed by atoms with E-state index in [1.165, 1.54) is 6.08 Å². The van der Waals surface area contributed by atoms with Crippen LogP contribution < -0.4 is 30.3 Å². The van der Waals surface area contributed by atoms with Gasteiger partial charge in [0.25, 0.3) is 0 Å². The third-order valence-electron chi connectivity index (χ3n) is 6.89. The van der Waals surface area contributed by atoms with E-state index in [1.807, 2.05) is 94.5 Å². The second-order valence-electron chi connectivity index (χ2n) is 10.7. The van der Waals surface area contributed by atoms with Crippen molar-refractivity contribution >= 4 is 57.1 Å². The molecule has 45 heavy (non-hydrogen) atoms. The molecule has 1 heterocycles. The van der Waals surface area contributed by atoms with E-state index in [4.69, 9.17) is 9.72 Å². The van der Waals surface area contributed by atoms with E-state index in [0.717, 1.165) is 29.9 Å². The van der Waals surface area contributed by atoms with Crippen LogP contribution in [0.5, 0.6) is 5.75 Å². The lowest BCUT2D eigenvalue weighted by Crippen LogP contribution is -2.29. The SMILES string of the molecule is C=CC(=O)Nc1cc(Nc2ncc(C)c(Nc3ccccc3NS(=O)c3ccc(C)cc3)n2)c(OC)cc1N(C)CCN(C)C. The quantitative estimate of drug-likeness (QED) is 0.127. The molecule has 1 unspecified atom stereocenters. The number of benzene rings is 3. The number of anilines is 7. The number of carbonyl (C=O) groups is 1. The number of likely N-dealkylation sites (N-methyl/N-ethyl adjacent to an activating group) is 2. The minimum absolute atomic E-state index is 0.310. The molecule has 0 radical (unpaired) electrons. The van der Waals surface area contributed by atoms with Gasteiger partial charge < -0.3 is 30.5 Å². The molecule has 0 aliphatic rings. The van der Waals surface area contributed by atoms with Gasteiger partial charge in [-0.3, -0.25) is 9.52 Å². The number of aromatic nitrogens is 2. The Morgan fingerprint density at radius 2 is 1.67 bits per heavy atom. The Bertz CT molecular complexity index is 1680. The number of hydrogen-bond acceptors (Lipinski definition) is 9. The average Bonchev–Trinajstić information content (AvgIpc) is 3.02. The van der Waals surface area contributed by atoms with Gasteiger partial charge in [-0.25, -0.2) is 9.19 Å². The maximum Gasteiger partial charge on any atom is 0.247 e. The highest BCUT2D eigenvalue weighted by Gasteiger charge is 2.17. The van der Waals surface area contributed by atoms with Crippen LogP contribution in [0.2, 0.25) is 0 Å². The third kappa shape index (κ3) is 8.80. The van der Waals surface area contributed by atoms with Crippen molar-refractivity contribution in [3.8, 4) is 5.75 Å². The van der Waals surface area contributed by atoms with Gasteiger partial charge in [-0.2, -0.15) is 4.98 Å². The van der Waals surface area contributed by atoms with Crippen molar-refractivity contribution in [2.24, 2.45) is 0 Å². The van der Waals surface area contributed by atoms with Gasteiger partial charge in [0.15, 0.2) is 0 Å². The second-order valence-corrected chi connectivity index (χ2v) is 11.9. The highest BCUT2D eigenvalue weighted by atomic mass is 32.2.